The first kappa shape index (κ1) is 16.5. The maximum atomic E-state index is 11.9. The van der Waals surface area contributed by atoms with E-state index in [-0.39, 0.29) is 12.5 Å². The Balaban J connectivity index is 1.44. The summed E-state index contributed by atoms with van der Waals surface area (Å²) in [4.78, 5) is 14.2. The van der Waals surface area contributed by atoms with E-state index in [2.05, 4.69) is 10.2 Å². The Morgan fingerprint density at radius 2 is 1.75 bits per heavy atom. The Morgan fingerprint density at radius 1 is 1.04 bits per heavy atom. The van der Waals surface area contributed by atoms with E-state index < -0.39 is 0 Å². The minimum Gasteiger partial charge on any atom is -0.378 e. The van der Waals surface area contributed by atoms with Crippen LogP contribution in [0.15, 0.2) is 54.6 Å². The van der Waals surface area contributed by atoms with Crippen LogP contribution in [0.1, 0.15) is 5.56 Å². The second-order valence-electron chi connectivity index (χ2n) is 5.67. The van der Waals surface area contributed by atoms with Gasteiger partial charge in [-0.3, -0.25) is 4.79 Å². The summed E-state index contributed by atoms with van der Waals surface area (Å²) in [6, 6.07) is 17.7. The molecule has 0 radical (unpaired) electrons. The van der Waals surface area contributed by atoms with Gasteiger partial charge >= 0.3 is 0 Å². The summed E-state index contributed by atoms with van der Waals surface area (Å²) < 4.78 is 10.8. The van der Waals surface area contributed by atoms with Gasteiger partial charge in [0.15, 0.2) is 0 Å². The van der Waals surface area contributed by atoms with E-state index in [0.29, 0.717) is 6.61 Å². The zero-order valence-electron chi connectivity index (χ0n) is 13.6. The maximum absolute atomic E-state index is 11.9. The fourth-order valence-electron chi connectivity index (χ4n) is 2.61. The van der Waals surface area contributed by atoms with Gasteiger partial charge in [0, 0.05) is 24.5 Å². The number of carbonyl (C=O) groups excluding carboxylic acids is 1. The highest BCUT2D eigenvalue weighted by Gasteiger charge is 2.11. The third kappa shape index (κ3) is 4.81. The number of hydrogen-bond acceptors (Lipinski definition) is 4. The molecule has 1 amide bonds. The smallest absolute Gasteiger partial charge is 0.250 e. The van der Waals surface area contributed by atoms with Crippen LogP contribution in [-0.2, 0) is 20.9 Å². The summed E-state index contributed by atoms with van der Waals surface area (Å²) in [7, 11) is 0. The predicted molar refractivity (Wildman–Crippen MR) is 94.2 cm³/mol. The predicted octanol–water partition coefficient (Wildman–Crippen LogP) is 2.68. The number of ether oxygens (including phenoxy) is 2. The average Bonchev–Trinajstić information content (AvgIpc) is 2.64. The van der Waals surface area contributed by atoms with Gasteiger partial charge in [-0.1, -0.05) is 30.3 Å². The molecule has 1 fully saturated rings. The molecule has 2 aromatic rings. The summed E-state index contributed by atoms with van der Waals surface area (Å²) in [6.07, 6.45) is 0. The molecule has 126 valence electrons. The van der Waals surface area contributed by atoms with Gasteiger partial charge in [-0.05, 0) is 29.8 Å². The minimum atomic E-state index is -0.148. The molecule has 0 aliphatic carbocycles. The van der Waals surface area contributed by atoms with Gasteiger partial charge in [0.05, 0.1) is 19.8 Å². The fraction of sp³-hybridized carbons (Fsp3) is 0.316. The molecule has 1 saturated heterocycles. The Labute approximate surface area is 142 Å². The molecule has 1 heterocycles. The number of morpholine rings is 1. The van der Waals surface area contributed by atoms with Crippen LogP contribution in [0.4, 0.5) is 11.4 Å². The van der Waals surface area contributed by atoms with Gasteiger partial charge in [-0.15, -0.1) is 0 Å². The fourth-order valence-corrected chi connectivity index (χ4v) is 2.61. The summed E-state index contributed by atoms with van der Waals surface area (Å²) in [5.41, 5.74) is 2.98. The second kappa shape index (κ2) is 8.47. The Morgan fingerprint density at radius 3 is 2.46 bits per heavy atom. The molecule has 0 saturated carbocycles. The Hall–Kier alpha value is -2.37. The van der Waals surface area contributed by atoms with Crippen molar-refractivity contribution in [3.8, 4) is 0 Å². The number of hydrogen-bond donors (Lipinski definition) is 1. The monoisotopic (exact) mass is 326 g/mol. The number of amides is 1. The van der Waals surface area contributed by atoms with E-state index in [4.69, 9.17) is 9.47 Å². The van der Waals surface area contributed by atoms with Gasteiger partial charge in [0.25, 0.3) is 0 Å². The number of benzene rings is 2. The molecule has 0 aromatic heterocycles. The Kier molecular flexibility index (Phi) is 5.82. The first-order chi connectivity index (χ1) is 11.8. The normalized spacial score (nSPS) is 14.4. The summed E-state index contributed by atoms with van der Waals surface area (Å²) in [5, 5.41) is 2.85. The molecule has 5 heteroatoms. The third-order valence-corrected chi connectivity index (χ3v) is 3.87. The molecule has 1 aliphatic heterocycles. The number of nitrogens with zero attached hydrogens (tertiary/aromatic N) is 1. The molecule has 0 spiro atoms. The molecule has 3 rings (SSSR count). The lowest BCUT2D eigenvalue weighted by molar-refractivity contribution is -0.121. The van der Waals surface area contributed by atoms with Crippen LogP contribution in [0.5, 0.6) is 0 Å². The van der Waals surface area contributed by atoms with Crippen LogP contribution in [0.3, 0.4) is 0 Å². The largest absolute Gasteiger partial charge is 0.378 e. The number of carbonyl (C=O) groups is 1. The molecule has 2 aromatic carbocycles. The third-order valence-electron chi connectivity index (χ3n) is 3.87. The van der Waals surface area contributed by atoms with Crippen molar-refractivity contribution in [1.29, 1.82) is 0 Å². The minimum absolute atomic E-state index is 0.0418. The first-order valence-electron chi connectivity index (χ1n) is 8.15. The molecule has 1 aliphatic rings. The van der Waals surface area contributed by atoms with Crippen LogP contribution < -0.4 is 10.2 Å². The van der Waals surface area contributed by atoms with Gasteiger partial charge in [-0.2, -0.15) is 0 Å². The van der Waals surface area contributed by atoms with E-state index in [1.807, 2.05) is 54.6 Å². The SMILES string of the molecule is O=C(COCc1ccccc1)Nc1ccc(N2CCOCC2)cc1. The van der Waals surface area contributed by atoms with Gasteiger partial charge in [0.1, 0.15) is 6.61 Å². The van der Waals surface area contributed by atoms with Crippen LogP contribution >= 0.6 is 0 Å². The molecule has 24 heavy (non-hydrogen) atoms. The number of rotatable bonds is 6. The van der Waals surface area contributed by atoms with Crippen molar-refractivity contribution < 1.29 is 14.3 Å². The van der Waals surface area contributed by atoms with Crippen LogP contribution in [0, 0.1) is 0 Å². The van der Waals surface area contributed by atoms with Crippen LogP contribution in [-0.4, -0.2) is 38.8 Å². The standard InChI is InChI=1S/C19H22N2O3/c22-19(15-24-14-16-4-2-1-3-5-16)20-17-6-8-18(9-7-17)21-10-12-23-13-11-21/h1-9H,10-15H2,(H,20,22). The zero-order valence-corrected chi connectivity index (χ0v) is 13.6. The summed E-state index contributed by atoms with van der Waals surface area (Å²) in [6.45, 7) is 3.80. The van der Waals surface area contributed by atoms with Crippen molar-refractivity contribution in [3.63, 3.8) is 0 Å². The molecule has 5 nitrogen and oxygen atoms in total. The lowest BCUT2D eigenvalue weighted by atomic mass is 10.2. The quantitative estimate of drug-likeness (QED) is 0.887. The maximum Gasteiger partial charge on any atom is 0.250 e. The zero-order chi connectivity index (χ0) is 16.6. The van der Waals surface area contributed by atoms with Crippen LogP contribution in [0.25, 0.3) is 0 Å². The highest BCUT2D eigenvalue weighted by atomic mass is 16.5. The van der Waals surface area contributed by atoms with Crippen molar-refractivity contribution in [3.05, 3.63) is 60.2 Å². The lowest BCUT2D eigenvalue weighted by Crippen LogP contribution is -2.36. The van der Waals surface area contributed by atoms with E-state index in [0.717, 1.165) is 43.2 Å². The van der Waals surface area contributed by atoms with E-state index in [1.54, 1.807) is 0 Å². The second-order valence-corrected chi connectivity index (χ2v) is 5.67. The molecular formula is C19H22N2O3. The van der Waals surface area contributed by atoms with E-state index >= 15 is 0 Å². The first-order valence-corrected chi connectivity index (χ1v) is 8.15. The van der Waals surface area contributed by atoms with E-state index in [9.17, 15) is 4.79 Å². The van der Waals surface area contributed by atoms with Gasteiger partial charge in [-0.25, -0.2) is 0 Å². The van der Waals surface area contributed by atoms with E-state index in [1.165, 1.54) is 0 Å². The molecule has 0 unspecified atom stereocenters. The molecular weight excluding hydrogens is 304 g/mol. The van der Waals surface area contributed by atoms with Crippen molar-refractivity contribution in [2.75, 3.05) is 43.1 Å². The molecule has 0 bridgehead atoms. The van der Waals surface area contributed by atoms with Gasteiger partial charge in [0.2, 0.25) is 5.91 Å². The van der Waals surface area contributed by atoms with Crippen molar-refractivity contribution in [2.24, 2.45) is 0 Å². The summed E-state index contributed by atoms with van der Waals surface area (Å²) >= 11 is 0. The van der Waals surface area contributed by atoms with Gasteiger partial charge < -0.3 is 19.7 Å². The summed E-state index contributed by atoms with van der Waals surface area (Å²) in [5.74, 6) is -0.148. The van der Waals surface area contributed by atoms with Crippen molar-refractivity contribution in [2.45, 2.75) is 6.61 Å². The molecule has 1 N–H and O–H groups in total. The highest BCUT2D eigenvalue weighted by molar-refractivity contribution is 5.91. The lowest BCUT2D eigenvalue weighted by Gasteiger charge is -2.28. The highest BCUT2D eigenvalue weighted by Crippen LogP contribution is 2.19. The topological polar surface area (TPSA) is 50.8 Å². The van der Waals surface area contributed by atoms with Crippen molar-refractivity contribution >= 4 is 17.3 Å². The molecule has 0 atom stereocenters. The Bertz CT molecular complexity index is 637. The number of nitrogens with one attached hydrogen (secondary N) is 1. The van der Waals surface area contributed by atoms with Crippen LogP contribution in [0.2, 0.25) is 0 Å². The number of anilines is 2. The van der Waals surface area contributed by atoms with Crippen molar-refractivity contribution in [1.82, 2.24) is 0 Å². The average molecular weight is 326 g/mol.